The fourth-order valence-electron chi connectivity index (χ4n) is 2.69. The molecule has 4 nitrogen and oxygen atoms in total. The molecule has 0 aromatic carbocycles. The Hall–Kier alpha value is -1.58. The van der Waals surface area contributed by atoms with E-state index < -0.39 is 5.97 Å². The third kappa shape index (κ3) is 2.47. The lowest BCUT2D eigenvalue weighted by molar-refractivity contribution is 0.0696. The highest BCUT2D eigenvalue weighted by atomic mass is 16.4. The highest BCUT2D eigenvalue weighted by molar-refractivity contribution is 5.87. The maximum Gasteiger partial charge on any atom is 0.337 e. The third-order valence-electron chi connectivity index (χ3n) is 3.67. The van der Waals surface area contributed by atoms with Crippen molar-refractivity contribution in [3.8, 4) is 0 Å². The van der Waals surface area contributed by atoms with Crippen molar-refractivity contribution in [3.05, 3.63) is 23.4 Å². The second-order valence-electron chi connectivity index (χ2n) is 4.92. The first-order valence-electron chi connectivity index (χ1n) is 6.60. The van der Waals surface area contributed by atoms with Crippen molar-refractivity contribution in [1.82, 2.24) is 4.98 Å². The number of anilines is 1. The van der Waals surface area contributed by atoms with Crippen LogP contribution in [-0.2, 0) is 0 Å². The summed E-state index contributed by atoms with van der Waals surface area (Å²) in [5, 5.41) is 8.96. The molecule has 98 valence electrons. The van der Waals surface area contributed by atoms with Crippen molar-refractivity contribution in [2.24, 2.45) is 0 Å². The van der Waals surface area contributed by atoms with Crippen LogP contribution in [0.2, 0.25) is 0 Å². The predicted octanol–water partition coefficient (Wildman–Crippen LogP) is 2.86. The highest BCUT2D eigenvalue weighted by Gasteiger charge is 2.23. The second-order valence-corrected chi connectivity index (χ2v) is 4.92. The van der Waals surface area contributed by atoms with Crippen molar-refractivity contribution >= 4 is 11.8 Å². The Morgan fingerprint density at radius 3 is 2.94 bits per heavy atom. The number of carboxylic acids is 1. The zero-order valence-electron chi connectivity index (χ0n) is 11.0. The number of hydrogen-bond donors (Lipinski definition) is 1. The van der Waals surface area contributed by atoms with Crippen molar-refractivity contribution in [3.63, 3.8) is 0 Å². The largest absolute Gasteiger partial charge is 0.478 e. The van der Waals surface area contributed by atoms with Crippen LogP contribution in [0.15, 0.2) is 12.3 Å². The van der Waals surface area contributed by atoms with Gasteiger partial charge in [-0.1, -0.05) is 6.92 Å². The van der Waals surface area contributed by atoms with Gasteiger partial charge < -0.3 is 10.0 Å². The summed E-state index contributed by atoms with van der Waals surface area (Å²) in [6.07, 6.45) is 6.26. The van der Waals surface area contributed by atoms with Gasteiger partial charge >= 0.3 is 5.97 Å². The normalized spacial score (nSPS) is 19.9. The number of pyridine rings is 1. The monoisotopic (exact) mass is 248 g/mol. The molecule has 1 fully saturated rings. The van der Waals surface area contributed by atoms with E-state index in [-0.39, 0.29) is 5.56 Å². The first-order chi connectivity index (χ1) is 8.63. The standard InChI is InChI=1S/C14H20N2O2/c1-3-12-6-4-5-7-16(12)13-10(2)8-11(9-15-13)14(17)18/h8-9,12H,3-7H2,1-2H3,(H,17,18). The van der Waals surface area contributed by atoms with Crippen LogP contribution in [0.5, 0.6) is 0 Å². The molecule has 1 aliphatic rings. The fourth-order valence-corrected chi connectivity index (χ4v) is 2.69. The predicted molar refractivity (Wildman–Crippen MR) is 71.2 cm³/mol. The zero-order chi connectivity index (χ0) is 13.1. The SMILES string of the molecule is CCC1CCCCN1c1ncc(C(=O)O)cc1C. The van der Waals surface area contributed by atoms with Gasteiger partial charge in [0.05, 0.1) is 5.56 Å². The molecule has 1 aromatic heterocycles. The Morgan fingerprint density at radius 1 is 1.56 bits per heavy atom. The van der Waals surface area contributed by atoms with Gasteiger partial charge in [0.25, 0.3) is 0 Å². The molecule has 1 saturated heterocycles. The summed E-state index contributed by atoms with van der Waals surface area (Å²) < 4.78 is 0. The number of hydrogen-bond acceptors (Lipinski definition) is 3. The van der Waals surface area contributed by atoms with Gasteiger partial charge in [-0.05, 0) is 44.2 Å². The fraction of sp³-hybridized carbons (Fsp3) is 0.571. The van der Waals surface area contributed by atoms with Crippen molar-refractivity contribution < 1.29 is 9.90 Å². The topological polar surface area (TPSA) is 53.4 Å². The minimum atomic E-state index is -0.914. The molecule has 1 unspecified atom stereocenters. The minimum Gasteiger partial charge on any atom is -0.478 e. The van der Waals surface area contributed by atoms with Crippen LogP contribution < -0.4 is 4.90 Å². The van der Waals surface area contributed by atoms with Crippen LogP contribution in [0, 0.1) is 6.92 Å². The molecule has 2 rings (SSSR count). The average Bonchev–Trinajstić information content (AvgIpc) is 2.38. The molecule has 4 heteroatoms. The Bertz CT molecular complexity index is 445. The van der Waals surface area contributed by atoms with E-state index in [9.17, 15) is 4.79 Å². The maximum absolute atomic E-state index is 10.9. The minimum absolute atomic E-state index is 0.265. The number of rotatable bonds is 3. The molecular weight excluding hydrogens is 228 g/mol. The van der Waals surface area contributed by atoms with Gasteiger partial charge in [0.1, 0.15) is 5.82 Å². The Morgan fingerprint density at radius 2 is 2.33 bits per heavy atom. The summed E-state index contributed by atoms with van der Waals surface area (Å²) in [5.74, 6) is 0.0365. The lowest BCUT2D eigenvalue weighted by atomic mass is 9.99. The molecule has 0 bridgehead atoms. The van der Waals surface area contributed by atoms with Crippen molar-refractivity contribution in [1.29, 1.82) is 0 Å². The summed E-state index contributed by atoms with van der Waals surface area (Å²) in [4.78, 5) is 17.6. The van der Waals surface area contributed by atoms with Crippen molar-refractivity contribution in [2.45, 2.75) is 45.6 Å². The Labute approximate surface area is 108 Å². The van der Waals surface area contributed by atoms with E-state index in [1.807, 2.05) is 6.92 Å². The molecule has 0 aliphatic carbocycles. The van der Waals surface area contributed by atoms with Gasteiger partial charge in [-0.3, -0.25) is 0 Å². The van der Waals surface area contributed by atoms with Crippen LogP contribution >= 0.6 is 0 Å². The summed E-state index contributed by atoms with van der Waals surface area (Å²) in [6, 6.07) is 2.26. The van der Waals surface area contributed by atoms with Crippen LogP contribution in [-0.4, -0.2) is 28.6 Å². The second kappa shape index (κ2) is 5.38. The van der Waals surface area contributed by atoms with Crippen LogP contribution in [0.1, 0.15) is 48.5 Å². The van der Waals surface area contributed by atoms with Gasteiger partial charge in [-0.2, -0.15) is 0 Å². The molecular formula is C14H20N2O2. The lowest BCUT2D eigenvalue weighted by Gasteiger charge is -2.37. The first kappa shape index (κ1) is 12.9. The molecule has 2 heterocycles. The first-order valence-corrected chi connectivity index (χ1v) is 6.60. The molecule has 1 aliphatic heterocycles. The van der Waals surface area contributed by atoms with E-state index in [1.54, 1.807) is 6.07 Å². The van der Waals surface area contributed by atoms with E-state index >= 15 is 0 Å². The van der Waals surface area contributed by atoms with Crippen molar-refractivity contribution in [2.75, 3.05) is 11.4 Å². The molecule has 1 atom stereocenters. The van der Waals surface area contributed by atoms with Gasteiger partial charge in [0.15, 0.2) is 0 Å². The van der Waals surface area contributed by atoms with Gasteiger partial charge in [0, 0.05) is 18.8 Å². The number of aryl methyl sites for hydroxylation is 1. The number of carbonyl (C=O) groups is 1. The van der Waals surface area contributed by atoms with E-state index in [0.29, 0.717) is 6.04 Å². The smallest absolute Gasteiger partial charge is 0.337 e. The van der Waals surface area contributed by atoms with Gasteiger partial charge in [-0.25, -0.2) is 9.78 Å². The van der Waals surface area contributed by atoms with Crippen LogP contribution in [0.4, 0.5) is 5.82 Å². The molecule has 1 aromatic rings. The number of aromatic carboxylic acids is 1. The molecule has 18 heavy (non-hydrogen) atoms. The van der Waals surface area contributed by atoms with E-state index in [1.165, 1.54) is 25.5 Å². The molecule has 0 radical (unpaired) electrons. The summed E-state index contributed by atoms with van der Waals surface area (Å²) in [7, 11) is 0. The molecule has 0 saturated carbocycles. The Balaban J connectivity index is 2.29. The highest BCUT2D eigenvalue weighted by Crippen LogP contribution is 2.27. The maximum atomic E-state index is 10.9. The number of nitrogens with zero attached hydrogens (tertiary/aromatic N) is 2. The third-order valence-corrected chi connectivity index (χ3v) is 3.67. The summed E-state index contributed by atoms with van der Waals surface area (Å²) in [6.45, 7) is 5.17. The summed E-state index contributed by atoms with van der Waals surface area (Å²) >= 11 is 0. The van der Waals surface area contributed by atoms with Gasteiger partial charge in [-0.15, -0.1) is 0 Å². The van der Waals surface area contributed by atoms with Gasteiger partial charge in [0.2, 0.25) is 0 Å². The number of carboxylic acid groups (broad SMARTS) is 1. The van der Waals surface area contributed by atoms with E-state index in [2.05, 4.69) is 16.8 Å². The molecule has 1 N–H and O–H groups in total. The van der Waals surface area contributed by atoms with E-state index in [4.69, 9.17) is 5.11 Å². The Kier molecular flexibility index (Phi) is 3.84. The zero-order valence-corrected chi connectivity index (χ0v) is 11.0. The number of aromatic nitrogens is 1. The average molecular weight is 248 g/mol. The van der Waals surface area contributed by atoms with Crippen LogP contribution in [0.3, 0.4) is 0 Å². The molecule has 0 spiro atoms. The number of piperidine rings is 1. The van der Waals surface area contributed by atoms with E-state index in [0.717, 1.165) is 24.3 Å². The summed E-state index contributed by atoms with van der Waals surface area (Å²) in [5.41, 5.74) is 1.22. The molecule has 0 amide bonds. The van der Waals surface area contributed by atoms with Crippen LogP contribution in [0.25, 0.3) is 0 Å². The quantitative estimate of drug-likeness (QED) is 0.893. The lowest BCUT2D eigenvalue weighted by Crippen LogP contribution is -2.40.